The predicted octanol–water partition coefficient (Wildman–Crippen LogP) is 5.19. The first-order chi connectivity index (χ1) is 23.0. The van der Waals surface area contributed by atoms with Crippen LogP contribution in [0.15, 0.2) is 109 Å². The highest BCUT2D eigenvalue weighted by molar-refractivity contribution is 5.93. The largest absolute Gasteiger partial charge is 0.481 e. The molecule has 6 N–H and O–H groups in total. The number of hydrogen-bond acceptors (Lipinski definition) is 7. The smallest absolute Gasteiger partial charge is 0.303 e. The second kappa shape index (κ2) is 18.4. The summed E-state index contributed by atoms with van der Waals surface area (Å²) < 4.78 is 0. The first kappa shape index (κ1) is 34.4. The topological polar surface area (TPSA) is 167 Å². The van der Waals surface area contributed by atoms with Crippen molar-refractivity contribution in [2.75, 3.05) is 36.5 Å². The molecule has 11 nitrogen and oxygen atoms in total. The summed E-state index contributed by atoms with van der Waals surface area (Å²) in [6.07, 6.45) is 1.58. The summed E-state index contributed by atoms with van der Waals surface area (Å²) in [7, 11) is 0. The van der Waals surface area contributed by atoms with Crippen molar-refractivity contribution in [2.24, 2.45) is 0 Å². The second-order valence-corrected chi connectivity index (χ2v) is 10.5. The van der Waals surface area contributed by atoms with Crippen molar-refractivity contribution in [2.45, 2.75) is 25.7 Å². The van der Waals surface area contributed by atoms with Crippen LogP contribution in [0.3, 0.4) is 0 Å². The minimum absolute atomic E-state index is 0.0102. The van der Waals surface area contributed by atoms with Gasteiger partial charge in [0, 0.05) is 59.5 Å². The molecule has 1 amide bonds. The maximum Gasteiger partial charge on any atom is 0.303 e. The zero-order chi connectivity index (χ0) is 33.3. The molecule has 2 aromatic heterocycles. The van der Waals surface area contributed by atoms with Crippen LogP contribution in [0, 0.1) is 0 Å². The minimum atomic E-state index is -0.788. The van der Waals surface area contributed by atoms with Gasteiger partial charge in [-0.15, -0.1) is 0 Å². The minimum Gasteiger partial charge on any atom is -0.481 e. The first-order valence-corrected chi connectivity index (χ1v) is 15.4. The zero-order valence-electron chi connectivity index (χ0n) is 26.0. The van der Waals surface area contributed by atoms with Crippen LogP contribution in [-0.4, -0.2) is 73.9 Å². The molecule has 0 radical (unpaired) electrons. The Balaban J connectivity index is 0.000000177. The number of carboxylic acid groups (broad SMARTS) is 1. The average molecular weight is 637 g/mol. The van der Waals surface area contributed by atoms with E-state index in [9.17, 15) is 14.7 Å². The number of aliphatic carboxylic acids is 1. The molecule has 47 heavy (non-hydrogen) atoms. The van der Waals surface area contributed by atoms with E-state index in [2.05, 4.69) is 25.7 Å². The molecule has 0 fully saturated rings. The summed E-state index contributed by atoms with van der Waals surface area (Å²) in [6.45, 7) is 1.03. The number of anilines is 2. The van der Waals surface area contributed by atoms with Gasteiger partial charge in [0.05, 0.1) is 30.7 Å². The van der Waals surface area contributed by atoms with Crippen LogP contribution in [0.2, 0.25) is 0 Å². The SMILES string of the molecule is O=C(CCc1[nH]nc2ccccc12)N(CCO)c1ccccc1.O=C(O)CCc1[nH]nc2ccccc12.OCCNc1ccccc1. The van der Waals surface area contributed by atoms with Gasteiger partial charge in [-0.3, -0.25) is 19.8 Å². The fourth-order valence-electron chi connectivity index (χ4n) is 4.87. The maximum atomic E-state index is 12.5. The quantitative estimate of drug-likeness (QED) is 0.107. The number of H-pyrrole nitrogens is 2. The van der Waals surface area contributed by atoms with Crippen LogP contribution in [0.25, 0.3) is 21.8 Å². The molecular formula is C36H40N6O5. The standard InChI is InChI=1S/C18H19N3O2.C10H10N2O2.C8H11NO/c22-13-12-21(14-6-2-1-3-7-14)18(23)11-10-17-15-8-4-5-9-16(15)19-20-17;13-10(14)6-5-9-7-3-1-2-4-8(7)11-12-9;10-7-6-9-8-4-2-1-3-5-8/h1-9,22H,10-13H2,(H,19,20);1-4H,5-6H2,(H,11,12)(H,13,14);1-5,9-10H,6-7H2. The van der Waals surface area contributed by atoms with E-state index in [4.69, 9.17) is 10.2 Å². The van der Waals surface area contributed by atoms with Crippen molar-refractivity contribution in [3.63, 3.8) is 0 Å². The number of rotatable bonds is 12. The number of aromatic amines is 2. The molecule has 0 aliphatic rings. The number of carbonyl (C=O) groups excluding carboxylic acids is 1. The third-order valence-corrected chi connectivity index (χ3v) is 7.17. The van der Waals surface area contributed by atoms with E-state index >= 15 is 0 Å². The van der Waals surface area contributed by atoms with Crippen molar-refractivity contribution in [1.29, 1.82) is 0 Å². The Labute approximate surface area is 272 Å². The van der Waals surface area contributed by atoms with Gasteiger partial charge in [-0.25, -0.2) is 0 Å². The van der Waals surface area contributed by atoms with Crippen LogP contribution < -0.4 is 10.2 Å². The molecule has 0 saturated heterocycles. The van der Waals surface area contributed by atoms with Gasteiger partial charge in [-0.05, 0) is 42.8 Å². The van der Waals surface area contributed by atoms with Crippen molar-refractivity contribution in [3.8, 4) is 0 Å². The van der Waals surface area contributed by atoms with E-state index in [1.165, 1.54) is 0 Å². The highest BCUT2D eigenvalue weighted by Gasteiger charge is 2.16. The maximum absolute atomic E-state index is 12.5. The van der Waals surface area contributed by atoms with E-state index in [-0.39, 0.29) is 25.5 Å². The molecule has 0 unspecified atom stereocenters. The van der Waals surface area contributed by atoms with Gasteiger partial charge in [0.2, 0.25) is 5.91 Å². The molecule has 0 atom stereocenters. The second-order valence-electron chi connectivity index (χ2n) is 10.5. The summed E-state index contributed by atoms with van der Waals surface area (Å²) >= 11 is 0. The van der Waals surface area contributed by atoms with Gasteiger partial charge in [0.25, 0.3) is 0 Å². The lowest BCUT2D eigenvalue weighted by Gasteiger charge is -2.21. The summed E-state index contributed by atoms with van der Waals surface area (Å²) in [5.74, 6) is -0.799. The van der Waals surface area contributed by atoms with Crippen molar-refractivity contribution in [3.05, 3.63) is 121 Å². The number of aryl methyl sites for hydroxylation is 2. The summed E-state index contributed by atoms with van der Waals surface area (Å²) in [4.78, 5) is 24.6. The van der Waals surface area contributed by atoms with Gasteiger partial charge >= 0.3 is 5.97 Å². The molecule has 244 valence electrons. The third kappa shape index (κ3) is 10.5. The Bertz CT molecular complexity index is 1810. The number of benzene rings is 4. The number of carbonyl (C=O) groups is 2. The Morgan fingerprint density at radius 2 is 1.17 bits per heavy atom. The van der Waals surface area contributed by atoms with Gasteiger partial charge in [-0.2, -0.15) is 10.2 Å². The van der Waals surface area contributed by atoms with Gasteiger partial charge in [0.1, 0.15) is 0 Å². The number of fused-ring (bicyclic) bond motifs is 2. The van der Waals surface area contributed by atoms with Crippen LogP contribution in [-0.2, 0) is 22.4 Å². The monoisotopic (exact) mass is 636 g/mol. The van der Waals surface area contributed by atoms with Crippen molar-refractivity contribution < 1.29 is 24.9 Å². The van der Waals surface area contributed by atoms with E-state index in [0.29, 0.717) is 32.4 Å². The van der Waals surface area contributed by atoms with Crippen molar-refractivity contribution >= 4 is 45.1 Å². The Hall–Kier alpha value is -5.52. The number of aliphatic hydroxyl groups excluding tert-OH is 2. The molecule has 0 aliphatic heterocycles. The number of hydrogen-bond donors (Lipinski definition) is 6. The van der Waals surface area contributed by atoms with Gasteiger partial charge < -0.3 is 25.5 Å². The molecule has 4 aromatic carbocycles. The number of aromatic nitrogens is 4. The summed E-state index contributed by atoms with van der Waals surface area (Å²) in [6, 6.07) is 34.8. The molecule has 0 aliphatic carbocycles. The molecule has 11 heteroatoms. The number of carboxylic acids is 1. The van der Waals surface area contributed by atoms with Crippen LogP contribution >= 0.6 is 0 Å². The van der Waals surface area contributed by atoms with Crippen molar-refractivity contribution in [1.82, 2.24) is 20.4 Å². The molecule has 6 rings (SSSR count). The predicted molar refractivity (Wildman–Crippen MR) is 184 cm³/mol. The number of nitrogens with zero attached hydrogens (tertiary/aromatic N) is 3. The molecule has 0 bridgehead atoms. The number of amides is 1. The van der Waals surface area contributed by atoms with Gasteiger partial charge in [0.15, 0.2) is 0 Å². The lowest BCUT2D eigenvalue weighted by Crippen LogP contribution is -2.33. The average Bonchev–Trinajstić information content (AvgIpc) is 3.73. The first-order valence-electron chi connectivity index (χ1n) is 15.4. The van der Waals surface area contributed by atoms with E-state index in [1.807, 2.05) is 109 Å². The van der Waals surface area contributed by atoms with E-state index < -0.39 is 5.97 Å². The fourth-order valence-corrected chi connectivity index (χ4v) is 4.87. The Kier molecular flexibility index (Phi) is 13.5. The molecule has 0 saturated carbocycles. The van der Waals surface area contributed by atoms with E-state index in [0.717, 1.165) is 44.6 Å². The summed E-state index contributed by atoms with van der Waals surface area (Å²) in [5.41, 5.74) is 5.50. The molecule has 0 spiro atoms. The number of aliphatic hydroxyl groups is 2. The Morgan fingerprint density at radius 1 is 0.660 bits per heavy atom. The highest BCUT2D eigenvalue weighted by atomic mass is 16.4. The molecule has 2 heterocycles. The van der Waals surface area contributed by atoms with Crippen LogP contribution in [0.1, 0.15) is 24.2 Å². The molecule has 6 aromatic rings. The van der Waals surface area contributed by atoms with Crippen LogP contribution in [0.5, 0.6) is 0 Å². The Morgan fingerprint density at radius 3 is 1.70 bits per heavy atom. The third-order valence-electron chi connectivity index (χ3n) is 7.17. The fraction of sp³-hybridized carbons (Fsp3) is 0.222. The lowest BCUT2D eigenvalue weighted by atomic mass is 10.1. The van der Waals surface area contributed by atoms with Crippen LogP contribution in [0.4, 0.5) is 11.4 Å². The number of para-hydroxylation sites is 4. The van der Waals surface area contributed by atoms with Gasteiger partial charge in [-0.1, -0.05) is 72.8 Å². The zero-order valence-corrected chi connectivity index (χ0v) is 26.0. The highest BCUT2D eigenvalue weighted by Crippen LogP contribution is 2.19. The normalized spacial score (nSPS) is 10.4. The summed E-state index contributed by atoms with van der Waals surface area (Å²) in [5, 5.41) is 45.5. The number of nitrogens with one attached hydrogen (secondary N) is 3. The lowest BCUT2D eigenvalue weighted by molar-refractivity contribution is -0.137. The van der Waals surface area contributed by atoms with E-state index in [1.54, 1.807) is 4.90 Å². The molecular weight excluding hydrogens is 596 g/mol.